The highest BCUT2D eigenvalue weighted by Crippen LogP contribution is 1.87. The highest BCUT2D eigenvalue weighted by molar-refractivity contribution is 5.82. The molecule has 78 valence electrons. The number of carboxylic acids is 1. The highest BCUT2D eigenvalue weighted by atomic mass is 16.4. The van der Waals surface area contributed by atoms with Crippen LogP contribution in [0.4, 0.5) is 0 Å². The van der Waals surface area contributed by atoms with Gasteiger partial charge in [0.2, 0.25) is 5.91 Å². The largest absolute Gasteiger partial charge is 0.479 e. The minimum absolute atomic E-state index is 0.0645. The van der Waals surface area contributed by atoms with Crippen molar-refractivity contribution in [3.8, 4) is 12.3 Å². The molecule has 5 N–H and O–H groups in total. The molecular formula is C8H12N2O4. The lowest BCUT2D eigenvalue weighted by molar-refractivity contribution is -0.146. The van der Waals surface area contributed by atoms with Gasteiger partial charge < -0.3 is 21.3 Å². The van der Waals surface area contributed by atoms with E-state index in [0.29, 0.717) is 0 Å². The molecule has 0 fully saturated rings. The third kappa shape index (κ3) is 4.45. The molecule has 14 heavy (non-hydrogen) atoms. The van der Waals surface area contributed by atoms with Gasteiger partial charge in [0.25, 0.3) is 0 Å². The number of carbonyl (C=O) groups excluding carboxylic acids is 1. The zero-order valence-electron chi connectivity index (χ0n) is 7.43. The molecule has 2 atom stereocenters. The lowest BCUT2D eigenvalue weighted by Crippen LogP contribution is -2.44. The second-order valence-corrected chi connectivity index (χ2v) is 2.61. The minimum Gasteiger partial charge on any atom is -0.479 e. The van der Waals surface area contributed by atoms with E-state index in [0.717, 1.165) is 0 Å². The van der Waals surface area contributed by atoms with Crippen LogP contribution in [0.3, 0.4) is 0 Å². The smallest absolute Gasteiger partial charge is 0.334 e. The Labute approximate surface area is 81.1 Å². The van der Waals surface area contributed by atoms with Crippen molar-refractivity contribution in [2.75, 3.05) is 6.54 Å². The first-order valence-electron chi connectivity index (χ1n) is 3.86. The average molecular weight is 200 g/mol. The van der Waals surface area contributed by atoms with Gasteiger partial charge in [0.1, 0.15) is 0 Å². The molecule has 0 heterocycles. The van der Waals surface area contributed by atoms with Crippen molar-refractivity contribution in [3.05, 3.63) is 0 Å². The van der Waals surface area contributed by atoms with Gasteiger partial charge in [0, 0.05) is 6.42 Å². The Morgan fingerprint density at radius 1 is 1.57 bits per heavy atom. The van der Waals surface area contributed by atoms with Crippen molar-refractivity contribution in [2.24, 2.45) is 5.73 Å². The molecule has 0 aromatic carbocycles. The molecular weight excluding hydrogens is 188 g/mol. The van der Waals surface area contributed by atoms with E-state index >= 15 is 0 Å². The molecule has 0 aliphatic carbocycles. The van der Waals surface area contributed by atoms with Gasteiger partial charge >= 0.3 is 5.97 Å². The van der Waals surface area contributed by atoms with Gasteiger partial charge in [-0.05, 0) is 0 Å². The Morgan fingerprint density at radius 3 is 2.57 bits per heavy atom. The summed E-state index contributed by atoms with van der Waals surface area (Å²) in [6, 6.07) is -0.874. The van der Waals surface area contributed by atoms with Crippen LogP contribution in [-0.2, 0) is 9.59 Å². The number of hydrogen-bond donors (Lipinski definition) is 4. The van der Waals surface area contributed by atoms with Crippen LogP contribution in [0.25, 0.3) is 0 Å². The zero-order chi connectivity index (χ0) is 11.1. The van der Waals surface area contributed by atoms with E-state index in [2.05, 4.69) is 11.2 Å². The molecule has 6 nitrogen and oxygen atoms in total. The number of terminal acetylenes is 1. The number of nitrogens with one attached hydrogen (secondary N) is 1. The fraction of sp³-hybridized carbons (Fsp3) is 0.500. The van der Waals surface area contributed by atoms with Crippen LogP contribution in [0, 0.1) is 12.3 Å². The van der Waals surface area contributed by atoms with E-state index in [-0.39, 0.29) is 13.0 Å². The maximum atomic E-state index is 11.0. The van der Waals surface area contributed by atoms with Crippen LogP contribution in [0.5, 0.6) is 0 Å². The SMILES string of the molecule is C#CCC(N)C(=O)NC[C@H](O)C(=O)O. The van der Waals surface area contributed by atoms with Crippen LogP contribution in [-0.4, -0.2) is 40.8 Å². The van der Waals surface area contributed by atoms with Crippen molar-refractivity contribution in [2.45, 2.75) is 18.6 Å². The first-order chi connectivity index (χ1) is 6.49. The van der Waals surface area contributed by atoms with E-state index in [1.54, 1.807) is 0 Å². The third-order valence-electron chi connectivity index (χ3n) is 1.43. The number of carboxylic acid groups (broad SMARTS) is 1. The quantitative estimate of drug-likeness (QED) is 0.380. The van der Waals surface area contributed by atoms with Gasteiger partial charge in [-0.1, -0.05) is 0 Å². The van der Waals surface area contributed by atoms with Crippen molar-refractivity contribution >= 4 is 11.9 Å². The van der Waals surface area contributed by atoms with Crippen molar-refractivity contribution in [1.82, 2.24) is 5.32 Å². The Kier molecular flexibility index (Phi) is 5.29. The molecule has 0 saturated heterocycles. The molecule has 0 aliphatic heterocycles. The molecule has 1 unspecified atom stereocenters. The summed E-state index contributed by atoms with van der Waals surface area (Å²) in [7, 11) is 0. The number of rotatable bonds is 5. The summed E-state index contributed by atoms with van der Waals surface area (Å²) in [6.45, 7) is -0.383. The zero-order valence-corrected chi connectivity index (χ0v) is 7.43. The Balaban J connectivity index is 3.85. The van der Waals surface area contributed by atoms with E-state index < -0.39 is 24.0 Å². The molecule has 0 bridgehead atoms. The molecule has 0 saturated carbocycles. The van der Waals surface area contributed by atoms with Crippen molar-refractivity contribution in [1.29, 1.82) is 0 Å². The maximum Gasteiger partial charge on any atom is 0.334 e. The van der Waals surface area contributed by atoms with Crippen LogP contribution < -0.4 is 11.1 Å². The predicted molar refractivity (Wildman–Crippen MR) is 48.1 cm³/mol. The fourth-order valence-electron chi connectivity index (χ4n) is 0.635. The van der Waals surface area contributed by atoms with Crippen molar-refractivity contribution in [3.63, 3.8) is 0 Å². The van der Waals surface area contributed by atoms with Gasteiger partial charge in [-0.3, -0.25) is 4.79 Å². The van der Waals surface area contributed by atoms with Gasteiger partial charge in [0.15, 0.2) is 6.10 Å². The number of nitrogens with two attached hydrogens (primary N) is 1. The lowest BCUT2D eigenvalue weighted by Gasteiger charge is -2.10. The average Bonchev–Trinajstić information content (AvgIpc) is 2.13. The van der Waals surface area contributed by atoms with E-state index in [9.17, 15) is 9.59 Å². The number of hydrogen-bond acceptors (Lipinski definition) is 4. The standard InChI is InChI=1S/C8H12N2O4/c1-2-3-5(9)7(12)10-4-6(11)8(13)14/h1,5-6,11H,3-4,9H2,(H,10,12)(H,13,14)/t5?,6-/m0/s1. The summed E-state index contributed by atoms with van der Waals surface area (Å²) in [6.07, 6.45) is 3.35. The number of aliphatic hydroxyl groups is 1. The molecule has 0 aliphatic rings. The number of aliphatic carboxylic acids is 1. The predicted octanol–water partition coefficient (Wildman–Crippen LogP) is -2.10. The normalized spacial score (nSPS) is 13.8. The van der Waals surface area contributed by atoms with Gasteiger partial charge in [-0.25, -0.2) is 4.79 Å². The molecule has 0 aromatic rings. The summed E-state index contributed by atoms with van der Waals surface area (Å²) >= 11 is 0. The summed E-state index contributed by atoms with van der Waals surface area (Å²) in [4.78, 5) is 21.2. The van der Waals surface area contributed by atoms with Crippen molar-refractivity contribution < 1.29 is 19.8 Å². The first kappa shape index (κ1) is 12.4. The Bertz CT molecular complexity index is 259. The van der Waals surface area contributed by atoms with Crippen LogP contribution in [0.15, 0.2) is 0 Å². The number of amides is 1. The Morgan fingerprint density at radius 2 is 2.14 bits per heavy atom. The second kappa shape index (κ2) is 5.96. The maximum absolute atomic E-state index is 11.0. The lowest BCUT2D eigenvalue weighted by atomic mass is 10.2. The summed E-state index contributed by atoms with van der Waals surface area (Å²) in [5.41, 5.74) is 5.31. The van der Waals surface area contributed by atoms with E-state index in [4.69, 9.17) is 22.4 Å². The van der Waals surface area contributed by atoms with E-state index in [1.807, 2.05) is 0 Å². The van der Waals surface area contributed by atoms with Gasteiger partial charge in [0.05, 0.1) is 12.6 Å². The van der Waals surface area contributed by atoms with Gasteiger partial charge in [-0.2, -0.15) is 0 Å². The summed E-state index contributed by atoms with van der Waals surface area (Å²) < 4.78 is 0. The molecule has 1 amide bonds. The van der Waals surface area contributed by atoms with Crippen LogP contribution in [0.1, 0.15) is 6.42 Å². The highest BCUT2D eigenvalue weighted by Gasteiger charge is 2.17. The molecule has 0 radical (unpaired) electrons. The second-order valence-electron chi connectivity index (χ2n) is 2.61. The summed E-state index contributed by atoms with van der Waals surface area (Å²) in [5.74, 6) is 0.207. The fourth-order valence-corrected chi connectivity index (χ4v) is 0.635. The van der Waals surface area contributed by atoms with Gasteiger partial charge in [-0.15, -0.1) is 12.3 Å². The molecule has 0 spiro atoms. The van der Waals surface area contributed by atoms with Crippen LogP contribution in [0.2, 0.25) is 0 Å². The Hall–Kier alpha value is -1.58. The topological polar surface area (TPSA) is 113 Å². The number of aliphatic hydroxyl groups excluding tert-OH is 1. The molecule has 6 heteroatoms. The number of carbonyl (C=O) groups is 2. The van der Waals surface area contributed by atoms with Crippen LogP contribution >= 0.6 is 0 Å². The molecule has 0 aromatic heterocycles. The first-order valence-corrected chi connectivity index (χ1v) is 3.86. The minimum atomic E-state index is -1.63. The molecule has 0 rings (SSSR count). The third-order valence-corrected chi connectivity index (χ3v) is 1.43. The monoisotopic (exact) mass is 200 g/mol. The summed E-state index contributed by atoms with van der Waals surface area (Å²) in [5, 5.41) is 19.2. The van der Waals surface area contributed by atoms with E-state index in [1.165, 1.54) is 0 Å².